The van der Waals surface area contributed by atoms with Gasteiger partial charge in [-0.05, 0) is 81.9 Å². The van der Waals surface area contributed by atoms with E-state index in [4.69, 9.17) is 0 Å². The van der Waals surface area contributed by atoms with Crippen LogP contribution in [0.25, 0.3) is 0 Å². The molecule has 2 bridgehead atoms. The van der Waals surface area contributed by atoms with Gasteiger partial charge < -0.3 is 5.32 Å². The zero-order valence-electron chi connectivity index (χ0n) is 14.4. The minimum Gasteiger partial charge on any atom is -0.305 e. The Morgan fingerprint density at radius 1 is 1.14 bits per heavy atom. The van der Waals surface area contributed by atoms with Crippen LogP contribution in [0.15, 0.2) is 18.2 Å². The summed E-state index contributed by atoms with van der Waals surface area (Å²) >= 11 is 0. The average molecular weight is 299 g/mol. The molecule has 5 unspecified atom stereocenters. The first-order valence-corrected chi connectivity index (χ1v) is 8.83. The summed E-state index contributed by atoms with van der Waals surface area (Å²) in [5.74, 6) is 2.85. The molecule has 0 aromatic heterocycles. The normalized spacial score (nSPS) is 29.5. The van der Waals surface area contributed by atoms with Gasteiger partial charge in [0.05, 0.1) is 6.04 Å². The van der Waals surface area contributed by atoms with Crippen LogP contribution in [0.3, 0.4) is 0 Å². The molecule has 0 amide bonds. The summed E-state index contributed by atoms with van der Waals surface area (Å²) in [6.45, 7) is 8.45. The number of benzene rings is 1. The molecule has 2 heteroatoms. The summed E-state index contributed by atoms with van der Waals surface area (Å²) < 4.78 is 0. The van der Waals surface area contributed by atoms with Crippen molar-refractivity contribution in [3.63, 3.8) is 0 Å². The lowest BCUT2D eigenvalue weighted by Crippen LogP contribution is -2.44. The number of fused-ring (bicyclic) bond motifs is 2. The van der Waals surface area contributed by atoms with Crippen molar-refractivity contribution in [2.45, 2.75) is 65.5 Å². The second-order valence-corrected chi connectivity index (χ2v) is 7.68. The highest BCUT2D eigenvalue weighted by Gasteiger charge is 2.42. The molecule has 3 rings (SSSR count). The third kappa shape index (κ3) is 2.99. The Bertz CT molecular complexity index is 565. The standard InChI is InChI=1S/C20H29NO/c1-12-5-7-18(9-13(12)2)20(22)15(4)21-14(3)19-11-16-6-8-17(19)10-16/h5,7,9,14-17,19,21H,6,8,10-11H2,1-4H3. The van der Waals surface area contributed by atoms with Gasteiger partial charge in [-0.3, -0.25) is 4.79 Å². The number of aryl methyl sites for hydroxylation is 2. The Labute approximate surface area is 134 Å². The molecule has 0 radical (unpaired) electrons. The summed E-state index contributed by atoms with van der Waals surface area (Å²) in [4.78, 5) is 12.7. The number of Topliss-reactive ketones (excluding diaryl/α,β-unsaturated/α-hetero) is 1. The first kappa shape index (κ1) is 15.7. The highest BCUT2D eigenvalue weighted by molar-refractivity contribution is 6.00. The molecule has 0 heterocycles. The lowest BCUT2D eigenvalue weighted by molar-refractivity contribution is 0.0934. The van der Waals surface area contributed by atoms with Gasteiger partial charge in [-0.2, -0.15) is 0 Å². The van der Waals surface area contributed by atoms with E-state index in [1.807, 2.05) is 19.1 Å². The molecule has 1 aromatic carbocycles. The molecule has 1 N–H and O–H groups in total. The zero-order valence-corrected chi connectivity index (χ0v) is 14.4. The number of carbonyl (C=O) groups excluding carboxylic acids is 1. The fourth-order valence-corrected chi connectivity index (χ4v) is 4.64. The van der Waals surface area contributed by atoms with Gasteiger partial charge in [-0.25, -0.2) is 0 Å². The molecule has 0 spiro atoms. The Morgan fingerprint density at radius 2 is 1.91 bits per heavy atom. The number of carbonyl (C=O) groups is 1. The van der Waals surface area contributed by atoms with Crippen LogP contribution in [0.4, 0.5) is 0 Å². The minimum absolute atomic E-state index is 0.101. The Balaban J connectivity index is 1.62. The number of hydrogen-bond donors (Lipinski definition) is 1. The molecule has 5 atom stereocenters. The van der Waals surface area contributed by atoms with Gasteiger partial charge >= 0.3 is 0 Å². The molecule has 0 aliphatic heterocycles. The van der Waals surface area contributed by atoms with Crippen LogP contribution >= 0.6 is 0 Å². The maximum absolute atomic E-state index is 12.7. The monoisotopic (exact) mass is 299 g/mol. The average Bonchev–Trinajstić information content (AvgIpc) is 3.12. The lowest BCUT2D eigenvalue weighted by Gasteiger charge is -2.30. The van der Waals surface area contributed by atoms with Gasteiger partial charge in [-0.1, -0.05) is 18.6 Å². The third-order valence-electron chi connectivity index (χ3n) is 6.13. The maximum Gasteiger partial charge on any atom is 0.179 e. The summed E-state index contributed by atoms with van der Waals surface area (Å²) in [7, 11) is 0. The Hall–Kier alpha value is -1.15. The molecule has 2 fully saturated rings. The van der Waals surface area contributed by atoms with E-state index in [-0.39, 0.29) is 11.8 Å². The van der Waals surface area contributed by atoms with Crippen molar-refractivity contribution in [1.82, 2.24) is 5.32 Å². The van der Waals surface area contributed by atoms with Gasteiger partial charge in [-0.15, -0.1) is 0 Å². The SMILES string of the molecule is Cc1ccc(C(=O)C(C)NC(C)C2CC3CCC2C3)cc1C. The largest absolute Gasteiger partial charge is 0.305 e. The highest BCUT2D eigenvalue weighted by Crippen LogP contribution is 2.49. The molecule has 0 saturated heterocycles. The number of nitrogens with one attached hydrogen (secondary N) is 1. The van der Waals surface area contributed by atoms with Gasteiger partial charge in [0.25, 0.3) is 0 Å². The summed E-state index contributed by atoms with van der Waals surface area (Å²) in [6.07, 6.45) is 5.63. The van der Waals surface area contributed by atoms with Crippen molar-refractivity contribution in [2.75, 3.05) is 0 Å². The predicted molar refractivity (Wildman–Crippen MR) is 91.2 cm³/mol. The van der Waals surface area contributed by atoms with Crippen molar-refractivity contribution < 1.29 is 4.79 Å². The fourth-order valence-electron chi connectivity index (χ4n) is 4.64. The molecule has 120 valence electrons. The lowest BCUT2D eigenvalue weighted by atomic mass is 9.83. The molecule has 2 aliphatic rings. The number of rotatable bonds is 5. The van der Waals surface area contributed by atoms with Crippen molar-refractivity contribution in [3.05, 3.63) is 34.9 Å². The van der Waals surface area contributed by atoms with Crippen molar-refractivity contribution >= 4 is 5.78 Å². The third-order valence-corrected chi connectivity index (χ3v) is 6.13. The summed E-state index contributed by atoms with van der Waals surface area (Å²) in [6, 6.07) is 6.38. The van der Waals surface area contributed by atoms with Crippen molar-refractivity contribution in [1.29, 1.82) is 0 Å². The van der Waals surface area contributed by atoms with Gasteiger partial charge in [0.15, 0.2) is 5.78 Å². The topological polar surface area (TPSA) is 29.1 Å². The maximum atomic E-state index is 12.7. The molecule has 22 heavy (non-hydrogen) atoms. The van der Waals surface area contributed by atoms with E-state index in [0.29, 0.717) is 6.04 Å². The van der Waals surface area contributed by atoms with E-state index < -0.39 is 0 Å². The van der Waals surface area contributed by atoms with Crippen LogP contribution in [-0.2, 0) is 0 Å². The van der Waals surface area contributed by atoms with E-state index in [1.165, 1.54) is 36.8 Å². The van der Waals surface area contributed by atoms with Crippen LogP contribution in [0.5, 0.6) is 0 Å². The fraction of sp³-hybridized carbons (Fsp3) is 0.650. The Kier molecular flexibility index (Phi) is 4.40. The van der Waals surface area contributed by atoms with E-state index >= 15 is 0 Å². The second-order valence-electron chi connectivity index (χ2n) is 7.68. The van der Waals surface area contributed by atoms with Crippen LogP contribution in [0, 0.1) is 31.6 Å². The van der Waals surface area contributed by atoms with Crippen LogP contribution < -0.4 is 5.32 Å². The summed E-state index contributed by atoms with van der Waals surface area (Å²) in [5, 5.41) is 3.59. The number of ketones is 1. The molecule has 2 saturated carbocycles. The molecule has 1 aromatic rings. The van der Waals surface area contributed by atoms with E-state index in [9.17, 15) is 4.79 Å². The van der Waals surface area contributed by atoms with Crippen LogP contribution in [0.2, 0.25) is 0 Å². The smallest absolute Gasteiger partial charge is 0.179 e. The van der Waals surface area contributed by atoms with Gasteiger partial charge in [0, 0.05) is 11.6 Å². The quantitative estimate of drug-likeness (QED) is 0.822. The van der Waals surface area contributed by atoms with E-state index in [0.717, 1.165) is 23.3 Å². The number of hydrogen-bond acceptors (Lipinski definition) is 2. The molecular formula is C20H29NO. The Morgan fingerprint density at radius 3 is 2.50 bits per heavy atom. The molecule has 2 nitrogen and oxygen atoms in total. The zero-order chi connectivity index (χ0) is 15.9. The van der Waals surface area contributed by atoms with Gasteiger partial charge in [0.1, 0.15) is 0 Å². The highest BCUT2D eigenvalue weighted by atomic mass is 16.1. The first-order valence-electron chi connectivity index (χ1n) is 8.83. The van der Waals surface area contributed by atoms with Crippen molar-refractivity contribution in [2.24, 2.45) is 17.8 Å². The van der Waals surface area contributed by atoms with E-state index in [1.54, 1.807) is 0 Å². The summed E-state index contributed by atoms with van der Waals surface area (Å²) in [5.41, 5.74) is 3.27. The predicted octanol–water partition coefficient (Wildman–Crippen LogP) is 4.29. The minimum atomic E-state index is -0.101. The van der Waals surface area contributed by atoms with E-state index in [2.05, 4.69) is 32.2 Å². The second kappa shape index (κ2) is 6.16. The molecule has 2 aliphatic carbocycles. The van der Waals surface area contributed by atoms with Crippen LogP contribution in [0.1, 0.15) is 61.0 Å². The van der Waals surface area contributed by atoms with Crippen LogP contribution in [-0.4, -0.2) is 17.9 Å². The van der Waals surface area contributed by atoms with Gasteiger partial charge in [0.2, 0.25) is 0 Å². The first-order chi connectivity index (χ1) is 10.5. The molecular weight excluding hydrogens is 270 g/mol. The van der Waals surface area contributed by atoms with Crippen molar-refractivity contribution in [3.8, 4) is 0 Å².